The van der Waals surface area contributed by atoms with Gasteiger partial charge in [-0.15, -0.1) is 0 Å². The number of benzene rings is 1. The minimum absolute atomic E-state index is 0.00993. The molecule has 1 aromatic carbocycles. The van der Waals surface area contributed by atoms with Gasteiger partial charge in [-0.3, -0.25) is 4.79 Å². The average molecular weight is 255 g/mol. The molecule has 0 spiro atoms. The van der Waals surface area contributed by atoms with Gasteiger partial charge in [0.1, 0.15) is 0 Å². The molecule has 0 aliphatic rings. The van der Waals surface area contributed by atoms with E-state index in [1.807, 2.05) is 13.8 Å². The van der Waals surface area contributed by atoms with Gasteiger partial charge in [0.25, 0.3) is 0 Å². The predicted octanol–water partition coefficient (Wildman–Crippen LogP) is 3.61. The molecule has 0 radical (unpaired) electrons. The van der Waals surface area contributed by atoms with Gasteiger partial charge in [-0.05, 0) is 31.0 Å². The zero-order valence-corrected chi connectivity index (χ0v) is 11.3. The van der Waals surface area contributed by atoms with Crippen molar-refractivity contribution < 1.29 is 4.79 Å². The van der Waals surface area contributed by atoms with E-state index in [9.17, 15) is 4.79 Å². The summed E-state index contributed by atoms with van der Waals surface area (Å²) in [5.74, 6) is 0.0338. The Labute approximate surface area is 107 Å². The minimum atomic E-state index is 0.00993. The molecule has 1 unspecified atom stereocenters. The summed E-state index contributed by atoms with van der Waals surface area (Å²) in [6.07, 6.45) is 1.88. The molecule has 0 aliphatic heterocycles. The van der Waals surface area contributed by atoms with Gasteiger partial charge in [-0.25, -0.2) is 0 Å². The van der Waals surface area contributed by atoms with E-state index in [0.29, 0.717) is 10.7 Å². The fraction of sp³-hybridized carbons (Fsp3) is 0.462. The summed E-state index contributed by atoms with van der Waals surface area (Å²) in [4.78, 5) is 11.9. The van der Waals surface area contributed by atoms with Crippen LogP contribution in [0.25, 0.3) is 0 Å². The monoisotopic (exact) mass is 254 g/mol. The summed E-state index contributed by atoms with van der Waals surface area (Å²) in [5, 5.41) is 3.35. The van der Waals surface area contributed by atoms with Crippen molar-refractivity contribution in [2.45, 2.75) is 33.6 Å². The Morgan fingerprint density at radius 3 is 2.76 bits per heavy atom. The molecule has 0 bridgehead atoms. The molecule has 1 amide bonds. The Balaban J connectivity index is 2.81. The van der Waals surface area contributed by atoms with Crippen molar-refractivity contribution in [2.24, 2.45) is 5.92 Å². The molecule has 17 heavy (non-hydrogen) atoms. The SMILES string of the molecule is CCCC(C)C(=O)Nc1cc(Cl)c(N)cc1C. The van der Waals surface area contributed by atoms with Crippen molar-refractivity contribution in [3.05, 3.63) is 22.7 Å². The molecule has 0 heterocycles. The zero-order chi connectivity index (χ0) is 13.0. The highest BCUT2D eigenvalue weighted by Crippen LogP contribution is 2.27. The topological polar surface area (TPSA) is 55.1 Å². The van der Waals surface area contributed by atoms with Crippen molar-refractivity contribution in [3.63, 3.8) is 0 Å². The number of rotatable bonds is 4. The maximum atomic E-state index is 11.9. The zero-order valence-electron chi connectivity index (χ0n) is 10.5. The summed E-state index contributed by atoms with van der Waals surface area (Å²) < 4.78 is 0. The van der Waals surface area contributed by atoms with Gasteiger partial charge in [0.2, 0.25) is 5.91 Å². The Kier molecular flexibility index (Phi) is 4.82. The Morgan fingerprint density at radius 2 is 2.18 bits per heavy atom. The lowest BCUT2D eigenvalue weighted by molar-refractivity contribution is -0.119. The number of carbonyl (C=O) groups excluding carboxylic acids is 1. The lowest BCUT2D eigenvalue weighted by Gasteiger charge is -2.14. The number of aryl methyl sites for hydroxylation is 1. The van der Waals surface area contributed by atoms with E-state index in [1.54, 1.807) is 12.1 Å². The Hall–Kier alpha value is -1.22. The number of anilines is 2. The Bertz CT molecular complexity index is 418. The molecule has 0 aromatic heterocycles. The average Bonchev–Trinajstić information content (AvgIpc) is 2.26. The molecule has 94 valence electrons. The molecule has 3 nitrogen and oxygen atoms in total. The third kappa shape index (κ3) is 3.63. The number of nitrogens with two attached hydrogens (primary N) is 1. The first-order valence-corrected chi connectivity index (χ1v) is 6.20. The van der Waals surface area contributed by atoms with Crippen LogP contribution in [-0.4, -0.2) is 5.91 Å². The van der Waals surface area contributed by atoms with Crippen LogP contribution in [0, 0.1) is 12.8 Å². The van der Waals surface area contributed by atoms with Gasteiger partial charge in [-0.2, -0.15) is 0 Å². The number of amides is 1. The molecule has 0 fully saturated rings. The quantitative estimate of drug-likeness (QED) is 0.807. The number of nitrogens with one attached hydrogen (secondary N) is 1. The van der Waals surface area contributed by atoms with Gasteiger partial charge in [0, 0.05) is 11.6 Å². The third-order valence-electron chi connectivity index (χ3n) is 2.77. The van der Waals surface area contributed by atoms with Gasteiger partial charge in [-0.1, -0.05) is 31.9 Å². The Morgan fingerprint density at radius 1 is 1.53 bits per heavy atom. The molecular weight excluding hydrogens is 236 g/mol. The fourth-order valence-corrected chi connectivity index (χ4v) is 1.82. The minimum Gasteiger partial charge on any atom is -0.398 e. The number of nitrogen functional groups attached to an aromatic ring is 1. The molecule has 3 N–H and O–H groups in total. The van der Waals surface area contributed by atoms with Crippen molar-refractivity contribution >= 4 is 28.9 Å². The molecule has 4 heteroatoms. The molecular formula is C13H19ClN2O. The van der Waals surface area contributed by atoms with Crippen LogP contribution in [0.15, 0.2) is 12.1 Å². The molecule has 0 aliphatic carbocycles. The van der Waals surface area contributed by atoms with E-state index < -0.39 is 0 Å². The molecule has 1 aromatic rings. The second-order valence-electron chi connectivity index (χ2n) is 4.37. The van der Waals surface area contributed by atoms with E-state index in [0.717, 1.165) is 24.1 Å². The van der Waals surface area contributed by atoms with Crippen LogP contribution in [0.4, 0.5) is 11.4 Å². The highest BCUT2D eigenvalue weighted by atomic mass is 35.5. The maximum absolute atomic E-state index is 11.9. The number of hydrogen-bond acceptors (Lipinski definition) is 2. The summed E-state index contributed by atoms with van der Waals surface area (Å²) in [6, 6.07) is 3.46. The van der Waals surface area contributed by atoms with Gasteiger partial charge in [0.15, 0.2) is 0 Å². The van der Waals surface area contributed by atoms with Crippen LogP contribution < -0.4 is 11.1 Å². The van der Waals surface area contributed by atoms with Gasteiger partial charge >= 0.3 is 0 Å². The first kappa shape index (κ1) is 13.8. The maximum Gasteiger partial charge on any atom is 0.227 e. The summed E-state index contributed by atoms with van der Waals surface area (Å²) in [7, 11) is 0. The predicted molar refractivity (Wildman–Crippen MR) is 73.3 cm³/mol. The lowest BCUT2D eigenvalue weighted by atomic mass is 10.0. The number of hydrogen-bond donors (Lipinski definition) is 2. The van der Waals surface area contributed by atoms with Crippen LogP contribution >= 0.6 is 11.6 Å². The highest BCUT2D eigenvalue weighted by molar-refractivity contribution is 6.33. The second-order valence-corrected chi connectivity index (χ2v) is 4.77. The van der Waals surface area contributed by atoms with E-state index in [-0.39, 0.29) is 11.8 Å². The largest absolute Gasteiger partial charge is 0.398 e. The van der Waals surface area contributed by atoms with Crippen LogP contribution in [0.1, 0.15) is 32.3 Å². The summed E-state index contributed by atoms with van der Waals surface area (Å²) in [6.45, 7) is 5.88. The highest BCUT2D eigenvalue weighted by Gasteiger charge is 2.13. The second kappa shape index (κ2) is 5.92. The van der Waals surface area contributed by atoms with Gasteiger partial charge < -0.3 is 11.1 Å². The van der Waals surface area contributed by atoms with Crippen molar-refractivity contribution in [1.82, 2.24) is 0 Å². The van der Waals surface area contributed by atoms with Crippen LogP contribution in [0.5, 0.6) is 0 Å². The van der Waals surface area contributed by atoms with E-state index in [1.165, 1.54) is 0 Å². The van der Waals surface area contributed by atoms with Crippen molar-refractivity contribution in [1.29, 1.82) is 0 Å². The standard InChI is InChI=1S/C13H19ClN2O/c1-4-5-8(2)13(17)16-12-7-10(14)11(15)6-9(12)3/h6-8H,4-5,15H2,1-3H3,(H,16,17). The third-order valence-corrected chi connectivity index (χ3v) is 3.10. The first-order chi connectivity index (χ1) is 7.95. The molecule has 1 rings (SSSR count). The molecule has 0 saturated heterocycles. The van der Waals surface area contributed by atoms with E-state index >= 15 is 0 Å². The molecule has 1 atom stereocenters. The van der Waals surface area contributed by atoms with Gasteiger partial charge in [0.05, 0.1) is 10.7 Å². The lowest BCUT2D eigenvalue weighted by Crippen LogP contribution is -2.20. The number of halogens is 1. The van der Waals surface area contributed by atoms with Crippen LogP contribution in [0.2, 0.25) is 5.02 Å². The summed E-state index contributed by atoms with van der Waals surface area (Å²) in [5.41, 5.74) is 7.87. The van der Waals surface area contributed by atoms with Crippen molar-refractivity contribution in [2.75, 3.05) is 11.1 Å². The molecule has 0 saturated carbocycles. The van der Waals surface area contributed by atoms with E-state index in [4.69, 9.17) is 17.3 Å². The fourth-order valence-electron chi connectivity index (χ4n) is 1.66. The van der Waals surface area contributed by atoms with Crippen LogP contribution in [-0.2, 0) is 4.79 Å². The first-order valence-electron chi connectivity index (χ1n) is 5.82. The normalized spacial score (nSPS) is 12.2. The van der Waals surface area contributed by atoms with Crippen LogP contribution in [0.3, 0.4) is 0 Å². The van der Waals surface area contributed by atoms with E-state index in [2.05, 4.69) is 12.2 Å². The number of carbonyl (C=O) groups is 1. The smallest absolute Gasteiger partial charge is 0.227 e. The summed E-state index contributed by atoms with van der Waals surface area (Å²) >= 11 is 5.93. The van der Waals surface area contributed by atoms with Crippen molar-refractivity contribution in [3.8, 4) is 0 Å².